The van der Waals surface area contributed by atoms with Gasteiger partial charge in [0.05, 0.1) is 6.04 Å². The Morgan fingerprint density at radius 2 is 2.09 bits per heavy atom. The Hall–Kier alpha value is -1.36. The maximum atomic E-state index is 12.6. The fraction of sp³-hybridized carbons (Fsp3) is 0.765. The van der Waals surface area contributed by atoms with E-state index in [4.69, 9.17) is 0 Å². The van der Waals surface area contributed by atoms with Gasteiger partial charge in [-0.25, -0.2) is 0 Å². The Kier molecular flexibility index (Phi) is 4.81. The SMILES string of the molecule is CC(C)C1CCN(C(=O)c2ccn(C3CCCNC3)n2)CC1. The number of carbonyl (C=O) groups is 1. The Bertz CT molecular complexity index is 497. The van der Waals surface area contributed by atoms with E-state index in [2.05, 4.69) is 24.3 Å². The van der Waals surface area contributed by atoms with Crippen LogP contribution >= 0.6 is 0 Å². The molecule has 0 aliphatic carbocycles. The minimum atomic E-state index is 0.102. The zero-order valence-electron chi connectivity index (χ0n) is 13.8. The molecule has 0 aromatic carbocycles. The molecule has 1 N–H and O–H groups in total. The summed E-state index contributed by atoms with van der Waals surface area (Å²) in [6, 6.07) is 2.27. The van der Waals surface area contributed by atoms with E-state index in [1.807, 2.05) is 21.8 Å². The van der Waals surface area contributed by atoms with E-state index in [0.29, 0.717) is 11.7 Å². The van der Waals surface area contributed by atoms with Crippen molar-refractivity contribution >= 4 is 5.91 Å². The zero-order valence-corrected chi connectivity index (χ0v) is 13.8. The van der Waals surface area contributed by atoms with Gasteiger partial charge in [-0.2, -0.15) is 5.10 Å². The van der Waals surface area contributed by atoms with Crippen LogP contribution in [0.1, 0.15) is 56.1 Å². The predicted molar refractivity (Wildman–Crippen MR) is 86.8 cm³/mol. The highest BCUT2D eigenvalue weighted by atomic mass is 16.2. The molecule has 3 rings (SSSR count). The molecule has 5 nitrogen and oxygen atoms in total. The molecule has 3 heterocycles. The number of hydrogen-bond acceptors (Lipinski definition) is 3. The highest BCUT2D eigenvalue weighted by Gasteiger charge is 2.26. The lowest BCUT2D eigenvalue weighted by Crippen LogP contribution is -2.39. The van der Waals surface area contributed by atoms with Crippen molar-refractivity contribution in [1.82, 2.24) is 20.0 Å². The number of likely N-dealkylation sites (tertiary alicyclic amines) is 1. The first-order valence-electron chi connectivity index (χ1n) is 8.70. The summed E-state index contributed by atoms with van der Waals surface area (Å²) in [6.07, 6.45) is 6.53. The second kappa shape index (κ2) is 6.82. The van der Waals surface area contributed by atoms with Gasteiger partial charge in [-0.15, -0.1) is 0 Å². The van der Waals surface area contributed by atoms with Gasteiger partial charge in [0.1, 0.15) is 5.69 Å². The standard InChI is InChI=1S/C17H28N4O/c1-13(2)14-5-9-20(10-6-14)17(22)16-7-11-21(19-16)15-4-3-8-18-12-15/h7,11,13-15,18H,3-6,8-10,12H2,1-2H3. The third-order valence-corrected chi connectivity index (χ3v) is 5.24. The molecule has 0 spiro atoms. The Balaban J connectivity index is 1.60. The number of piperidine rings is 2. The molecule has 5 heteroatoms. The molecule has 2 aliphatic rings. The molecule has 22 heavy (non-hydrogen) atoms. The van der Waals surface area contributed by atoms with Gasteiger partial charge >= 0.3 is 0 Å². The van der Waals surface area contributed by atoms with Gasteiger partial charge in [0.25, 0.3) is 5.91 Å². The molecule has 1 aromatic rings. The smallest absolute Gasteiger partial charge is 0.274 e. The minimum absolute atomic E-state index is 0.102. The maximum Gasteiger partial charge on any atom is 0.274 e. The summed E-state index contributed by atoms with van der Waals surface area (Å²) in [5.41, 5.74) is 0.605. The summed E-state index contributed by atoms with van der Waals surface area (Å²) in [7, 11) is 0. The molecular formula is C17H28N4O. The molecule has 122 valence electrons. The van der Waals surface area contributed by atoms with Crippen molar-refractivity contribution in [3.8, 4) is 0 Å². The lowest BCUT2D eigenvalue weighted by Gasteiger charge is -2.33. The summed E-state index contributed by atoms with van der Waals surface area (Å²) in [5.74, 6) is 1.58. The fourth-order valence-corrected chi connectivity index (χ4v) is 3.65. The number of carbonyl (C=O) groups excluding carboxylic acids is 1. The molecule has 1 aromatic heterocycles. The van der Waals surface area contributed by atoms with Crippen LogP contribution in [0, 0.1) is 11.8 Å². The molecule has 0 radical (unpaired) electrons. The van der Waals surface area contributed by atoms with E-state index in [9.17, 15) is 4.79 Å². The molecule has 1 unspecified atom stereocenters. The van der Waals surface area contributed by atoms with E-state index in [-0.39, 0.29) is 5.91 Å². The van der Waals surface area contributed by atoms with Crippen LogP contribution in [0.25, 0.3) is 0 Å². The fourth-order valence-electron chi connectivity index (χ4n) is 3.65. The van der Waals surface area contributed by atoms with Crippen LogP contribution in [0.2, 0.25) is 0 Å². The second-order valence-corrected chi connectivity index (χ2v) is 7.05. The minimum Gasteiger partial charge on any atom is -0.337 e. The lowest BCUT2D eigenvalue weighted by atomic mass is 9.86. The normalized spacial score (nSPS) is 24.0. The van der Waals surface area contributed by atoms with Crippen molar-refractivity contribution in [3.63, 3.8) is 0 Å². The number of aromatic nitrogens is 2. The Morgan fingerprint density at radius 1 is 1.32 bits per heavy atom. The van der Waals surface area contributed by atoms with Crippen LogP contribution < -0.4 is 5.32 Å². The Morgan fingerprint density at radius 3 is 2.73 bits per heavy atom. The lowest BCUT2D eigenvalue weighted by molar-refractivity contribution is 0.0660. The third kappa shape index (κ3) is 3.35. The maximum absolute atomic E-state index is 12.6. The first-order valence-corrected chi connectivity index (χ1v) is 8.70. The van der Waals surface area contributed by atoms with Crippen molar-refractivity contribution in [2.24, 2.45) is 11.8 Å². The number of rotatable bonds is 3. The summed E-state index contributed by atoms with van der Waals surface area (Å²) < 4.78 is 1.97. The largest absolute Gasteiger partial charge is 0.337 e. The van der Waals surface area contributed by atoms with E-state index in [0.717, 1.165) is 57.3 Å². The van der Waals surface area contributed by atoms with E-state index in [1.165, 1.54) is 6.42 Å². The summed E-state index contributed by atoms with van der Waals surface area (Å²) in [4.78, 5) is 14.6. The van der Waals surface area contributed by atoms with Crippen molar-refractivity contribution in [2.75, 3.05) is 26.2 Å². The molecular weight excluding hydrogens is 276 g/mol. The molecule has 0 bridgehead atoms. The quantitative estimate of drug-likeness (QED) is 0.932. The molecule has 1 atom stereocenters. The number of amides is 1. The van der Waals surface area contributed by atoms with Crippen LogP contribution in [0.5, 0.6) is 0 Å². The first kappa shape index (κ1) is 15.5. The first-order chi connectivity index (χ1) is 10.6. The van der Waals surface area contributed by atoms with Gasteiger partial charge in [0.2, 0.25) is 0 Å². The number of nitrogens with one attached hydrogen (secondary N) is 1. The number of nitrogens with zero attached hydrogens (tertiary/aromatic N) is 3. The van der Waals surface area contributed by atoms with Gasteiger partial charge in [-0.05, 0) is 50.1 Å². The summed E-state index contributed by atoms with van der Waals surface area (Å²) >= 11 is 0. The highest BCUT2D eigenvalue weighted by Crippen LogP contribution is 2.25. The van der Waals surface area contributed by atoms with Crippen molar-refractivity contribution < 1.29 is 4.79 Å². The molecule has 2 fully saturated rings. The van der Waals surface area contributed by atoms with Crippen LogP contribution in [-0.4, -0.2) is 46.8 Å². The average molecular weight is 304 g/mol. The Labute approximate surface area is 133 Å². The molecule has 1 amide bonds. The van der Waals surface area contributed by atoms with Crippen LogP contribution in [0.15, 0.2) is 12.3 Å². The van der Waals surface area contributed by atoms with E-state index >= 15 is 0 Å². The highest BCUT2D eigenvalue weighted by molar-refractivity contribution is 5.92. The van der Waals surface area contributed by atoms with Crippen LogP contribution in [0.4, 0.5) is 0 Å². The third-order valence-electron chi connectivity index (χ3n) is 5.24. The van der Waals surface area contributed by atoms with Crippen LogP contribution in [0.3, 0.4) is 0 Å². The zero-order chi connectivity index (χ0) is 15.5. The van der Waals surface area contributed by atoms with Gasteiger partial charge in [-0.1, -0.05) is 13.8 Å². The van der Waals surface area contributed by atoms with Gasteiger partial charge in [0.15, 0.2) is 0 Å². The van der Waals surface area contributed by atoms with Gasteiger partial charge in [0, 0.05) is 25.8 Å². The monoisotopic (exact) mass is 304 g/mol. The molecule has 2 aliphatic heterocycles. The topological polar surface area (TPSA) is 50.2 Å². The summed E-state index contributed by atoms with van der Waals surface area (Å²) in [5, 5.41) is 7.94. The predicted octanol–water partition coefficient (Wildman–Crippen LogP) is 2.32. The van der Waals surface area contributed by atoms with Crippen molar-refractivity contribution in [3.05, 3.63) is 18.0 Å². The molecule has 0 saturated carbocycles. The van der Waals surface area contributed by atoms with Crippen molar-refractivity contribution in [2.45, 2.75) is 45.6 Å². The van der Waals surface area contributed by atoms with E-state index < -0.39 is 0 Å². The van der Waals surface area contributed by atoms with Gasteiger partial charge < -0.3 is 10.2 Å². The van der Waals surface area contributed by atoms with Crippen molar-refractivity contribution in [1.29, 1.82) is 0 Å². The molecule has 2 saturated heterocycles. The average Bonchev–Trinajstić information content (AvgIpc) is 3.05. The second-order valence-electron chi connectivity index (χ2n) is 7.05. The van der Waals surface area contributed by atoms with Gasteiger partial charge in [-0.3, -0.25) is 9.48 Å². The van der Waals surface area contributed by atoms with Crippen LogP contribution in [-0.2, 0) is 0 Å². The van der Waals surface area contributed by atoms with E-state index in [1.54, 1.807) is 0 Å². The summed E-state index contributed by atoms with van der Waals surface area (Å²) in [6.45, 7) is 8.35. The number of hydrogen-bond donors (Lipinski definition) is 1.